The summed E-state index contributed by atoms with van der Waals surface area (Å²) in [4.78, 5) is 16.1. The summed E-state index contributed by atoms with van der Waals surface area (Å²) in [5.74, 6) is 6.77. The molecule has 0 atom stereocenters. The molecule has 0 amide bonds. The first-order valence-electron chi connectivity index (χ1n) is 9.36. The molecule has 1 aromatic heterocycles. The zero-order chi connectivity index (χ0) is 19.9. The standard InChI is InChI=1S/C23H23N3O2/c1-3-5-11-22-24-21(8-4-2)25-26(22)16-17-12-14-18(15-13-17)19-9-6-7-10-20(19)23(27)28/h6-7,9-10,12-15H,4,8,11,16H2,1-2H3,(H,27,28). The highest BCUT2D eigenvalue weighted by molar-refractivity contribution is 5.95. The van der Waals surface area contributed by atoms with Gasteiger partial charge in [-0.3, -0.25) is 0 Å². The summed E-state index contributed by atoms with van der Waals surface area (Å²) in [6.07, 6.45) is 2.43. The van der Waals surface area contributed by atoms with Crippen LogP contribution in [0.2, 0.25) is 0 Å². The lowest BCUT2D eigenvalue weighted by Gasteiger charge is -2.08. The second-order valence-electron chi connectivity index (χ2n) is 6.50. The van der Waals surface area contributed by atoms with Gasteiger partial charge in [0.15, 0.2) is 5.82 Å². The SMILES string of the molecule is CC#CCc1nc(CCC)nn1Cc1ccc(-c2ccccc2C(=O)O)cc1. The van der Waals surface area contributed by atoms with Crippen molar-refractivity contribution in [3.63, 3.8) is 0 Å². The molecule has 0 aliphatic rings. The van der Waals surface area contributed by atoms with Gasteiger partial charge in [-0.2, -0.15) is 5.10 Å². The van der Waals surface area contributed by atoms with Crippen LogP contribution in [0.4, 0.5) is 0 Å². The fraction of sp³-hybridized carbons (Fsp3) is 0.261. The average Bonchev–Trinajstić information content (AvgIpc) is 3.08. The van der Waals surface area contributed by atoms with Crippen LogP contribution in [0, 0.1) is 11.8 Å². The number of aromatic nitrogens is 3. The molecule has 0 aliphatic heterocycles. The molecule has 142 valence electrons. The summed E-state index contributed by atoms with van der Waals surface area (Å²) in [6.45, 7) is 4.54. The lowest BCUT2D eigenvalue weighted by molar-refractivity contribution is 0.0697. The van der Waals surface area contributed by atoms with E-state index in [1.54, 1.807) is 12.1 Å². The third kappa shape index (κ3) is 4.47. The van der Waals surface area contributed by atoms with Gasteiger partial charge in [0.05, 0.1) is 18.5 Å². The predicted octanol–water partition coefficient (Wildman–Crippen LogP) is 4.21. The molecule has 0 bridgehead atoms. The molecule has 1 heterocycles. The van der Waals surface area contributed by atoms with E-state index < -0.39 is 5.97 Å². The molecule has 28 heavy (non-hydrogen) atoms. The average molecular weight is 373 g/mol. The lowest BCUT2D eigenvalue weighted by atomic mass is 9.99. The molecule has 5 nitrogen and oxygen atoms in total. The number of carboxylic acids is 1. The van der Waals surface area contributed by atoms with Crippen molar-refractivity contribution in [2.24, 2.45) is 0 Å². The van der Waals surface area contributed by atoms with E-state index in [2.05, 4.69) is 28.8 Å². The van der Waals surface area contributed by atoms with Gasteiger partial charge in [0, 0.05) is 6.42 Å². The van der Waals surface area contributed by atoms with Crippen molar-refractivity contribution < 1.29 is 9.90 Å². The Morgan fingerprint density at radius 2 is 1.89 bits per heavy atom. The van der Waals surface area contributed by atoms with Gasteiger partial charge in [-0.1, -0.05) is 55.3 Å². The van der Waals surface area contributed by atoms with Crippen LogP contribution in [0.5, 0.6) is 0 Å². The Morgan fingerprint density at radius 1 is 1.14 bits per heavy atom. The number of aryl methyl sites for hydroxylation is 1. The van der Waals surface area contributed by atoms with E-state index in [-0.39, 0.29) is 0 Å². The normalized spacial score (nSPS) is 10.4. The van der Waals surface area contributed by atoms with Crippen molar-refractivity contribution in [2.45, 2.75) is 39.7 Å². The van der Waals surface area contributed by atoms with Crippen molar-refractivity contribution >= 4 is 5.97 Å². The van der Waals surface area contributed by atoms with Gasteiger partial charge in [0.25, 0.3) is 0 Å². The molecule has 0 unspecified atom stereocenters. The minimum Gasteiger partial charge on any atom is -0.478 e. The third-order valence-electron chi connectivity index (χ3n) is 4.44. The third-order valence-corrected chi connectivity index (χ3v) is 4.44. The van der Waals surface area contributed by atoms with Gasteiger partial charge in [0.2, 0.25) is 0 Å². The first kappa shape index (κ1) is 19.4. The summed E-state index contributed by atoms with van der Waals surface area (Å²) in [5, 5.41) is 14.0. The molecule has 0 aliphatic carbocycles. The van der Waals surface area contributed by atoms with Gasteiger partial charge in [0.1, 0.15) is 5.82 Å². The van der Waals surface area contributed by atoms with Gasteiger partial charge in [-0.05, 0) is 36.1 Å². The number of hydrogen-bond donors (Lipinski definition) is 1. The first-order valence-corrected chi connectivity index (χ1v) is 9.36. The molecule has 3 rings (SSSR count). The van der Waals surface area contributed by atoms with E-state index >= 15 is 0 Å². The summed E-state index contributed by atoms with van der Waals surface area (Å²) in [7, 11) is 0. The van der Waals surface area contributed by atoms with Gasteiger partial charge < -0.3 is 5.11 Å². The summed E-state index contributed by atoms with van der Waals surface area (Å²) < 4.78 is 1.91. The largest absolute Gasteiger partial charge is 0.478 e. The van der Waals surface area contributed by atoms with E-state index in [4.69, 9.17) is 0 Å². The monoisotopic (exact) mass is 373 g/mol. The van der Waals surface area contributed by atoms with Gasteiger partial charge in [-0.25, -0.2) is 14.5 Å². The molecular weight excluding hydrogens is 350 g/mol. The predicted molar refractivity (Wildman–Crippen MR) is 109 cm³/mol. The molecule has 2 aromatic carbocycles. The van der Waals surface area contributed by atoms with E-state index in [0.29, 0.717) is 24.1 Å². The van der Waals surface area contributed by atoms with E-state index in [1.807, 2.05) is 48.0 Å². The number of carbonyl (C=O) groups is 1. The zero-order valence-corrected chi connectivity index (χ0v) is 16.1. The fourth-order valence-electron chi connectivity index (χ4n) is 3.06. The summed E-state index contributed by atoms with van der Waals surface area (Å²) in [6, 6.07) is 14.9. The number of benzene rings is 2. The molecular formula is C23H23N3O2. The molecule has 0 saturated carbocycles. The second-order valence-corrected chi connectivity index (χ2v) is 6.50. The van der Waals surface area contributed by atoms with Gasteiger partial charge in [-0.15, -0.1) is 5.92 Å². The summed E-state index contributed by atoms with van der Waals surface area (Å²) in [5.41, 5.74) is 2.97. The van der Waals surface area contributed by atoms with Crippen LogP contribution in [0.15, 0.2) is 48.5 Å². The molecule has 0 saturated heterocycles. The van der Waals surface area contributed by atoms with Crippen LogP contribution < -0.4 is 0 Å². The first-order chi connectivity index (χ1) is 13.6. The van der Waals surface area contributed by atoms with E-state index in [0.717, 1.165) is 35.6 Å². The Balaban J connectivity index is 1.85. The van der Waals surface area contributed by atoms with Crippen molar-refractivity contribution in [3.05, 3.63) is 71.3 Å². The van der Waals surface area contributed by atoms with Crippen LogP contribution >= 0.6 is 0 Å². The highest BCUT2D eigenvalue weighted by Gasteiger charge is 2.12. The molecule has 0 spiro atoms. The van der Waals surface area contributed by atoms with Gasteiger partial charge >= 0.3 is 5.97 Å². The molecule has 1 N–H and O–H groups in total. The maximum absolute atomic E-state index is 11.5. The number of aromatic carboxylic acids is 1. The van der Waals surface area contributed by atoms with Crippen molar-refractivity contribution in [3.8, 4) is 23.0 Å². The topological polar surface area (TPSA) is 68.0 Å². The van der Waals surface area contributed by atoms with Crippen molar-refractivity contribution in [2.75, 3.05) is 0 Å². The number of rotatable bonds is 7. The Hall–Kier alpha value is -3.39. The minimum absolute atomic E-state index is 0.302. The minimum atomic E-state index is -0.924. The molecule has 0 radical (unpaired) electrons. The second kappa shape index (κ2) is 9.01. The number of hydrogen-bond acceptors (Lipinski definition) is 3. The van der Waals surface area contributed by atoms with Crippen molar-refractivity contribution in [1.82, 2.24) is 14.8 Å². The van der Waals surface area contributed by atoms with Crippen molar-refractivity contribution in [1.29, 1.82) is 0 Å². The molecule has 5 heteroatoms. The Kier molecular flexibility index (Phi) is 6.23. The molecule has 0 fully saturated rings. The van der Waals surface area contributed by atoms with Crippen LogP contribution in [0.3, 0.4) is 0 Å². The van der Waals surface area contributed by atoms with Crippen LogP contribution in [-0.4, -0.2) is 25.8 Å². The highest BCUT2D eigenvalue weighted by Crippen LogP contribution is 2.24. The zero-order valence-electron chi connectivity index (χ0n) is 16.1. The maximum atomic E-state index is 11.5. The van der Waals surface area contributed by atoms with Crippen LogP contribution in [0.25, 0.3) is 11.1 Å². The van der Waals surface area contributed by atoms with E-state index in [1.165, 1.54) is 0 Å². The quantitative estimate of drug-likeness (QED) is 0.630. The smallest absolute Gasteiger partial charge is 0.336 e. The van der Waals surface area contributed by atoms with Crippen LogP contribution in [0.1, 0.15) is 47.8 Å². The Morgan fingerprint density at radius 3 is 2.57 bits per heavy atom. The Labute approximate surface area is 165 Å². The molecule has 3 aromatic rings. The number of nitrogens with zero attached hydrogens (tertiary/aromatic N) is 3. The Bertz CT molecular complexity index is 1020. The maximum Gasteiger partial charge on any atom is 0.336 e. The lowest BCUT2D eigenvalue weighted by Crippen LogP contribution is -2.07. The summed E-state index contributed by atoms with van der Waals surface area (Å²) >= 11 is 0. The van der Waals surface area contributed by atoms with Crippen LogP contribution in [-0.2, 0) is 19.4 Å². The fourth-order valence-corrected chi connectivity index (χ4v) is 3.06. The van der Waals surface area contributed by atoms with E-state index in [9.17, 15) is 9.90 Å². The number of carboxylic acid groups (broad SMARTS) is 1. The highest BCUT2D eigenvalue weighted by atomic mass is 16.4.